The molecule has 27 heavy (non-hydrogen) atoms. The lowest BCUT2D eigenvalue weighted by Crippen LogP contribution is -2.49. The van der Waals surface area contributed by atoms with Crippen molar-refractivity contribution in [3.63, 3.8) is 0 Å². The molecule has 0 spiro atoms. The number of pyridine rings is 1. The maximum Gasteiger partial charge on any atom is 0.287 e. The van der Waals surface area contributed by atoms with Gasteiger partial charge in [0.05, 0.1) is 4.92 Å². The van der Waals surface area contributed by atoms with Gasteiger partial charge in [-0.05, 0) is 22.9 Å². The number of amides is 1. The molecule has 0 radical (unpaired) electrons. The Morgan fingerprint density at radius 1 is 0.963 bits per heavy atom. The van der Waals surface area contributed by atoms with Crippen LogP contribution in [0, 0.1) is 10.1 Å². The third-order valence-corrected chi connectivity index (χ3v) is 4.85. The van der Waals surface area contributed by atoms with E-state index in [-0.39, 0.29) is 11.6 Å². The minimum Gasteiger partial charge on any atom is -0.353 e. The molecule has 0 aliphatic carbocycles. The molecule has 0 saturated carbocycles. The van der Waals surface area contributed by atoms with Gasteiger partial charge in [-0.25, -0.2) is 4.98 Å². The number of anilines is 1. The quantitative estimate of drug-likeness (QED) is 0.528. The number of rotatable bonds is 3. The first kappa shape index (κ1) is 17.0. The standard InChI is InChI=1S/C20H18N4O3/c25-20(18-7-3-5-15-4-1-2-6-17(15)18)23-12-10-22(11-13-23)19-9-8-16(14-21-19)24(26)27/h1-9,14H,10-13H2. The Morgan fingerprint density at radius 3 is 2.41 bits per heavy atom. The van der Waals surface area contributed by atoms with Crippen molar-refractivity contribution >= 4 is 28.2 Å². The van der Waals surface area contributed by atoms with Crippen molar-refractivity contribution in [2.45, 2.75) is 0 Å². The second kappa shape index (κ2) is 7.03. The van der Waals surface area contributed by atoms with E-state index in [4.69, 9.17) is 0 Å². The summed E-state index contributed by atoms with van der Waals surface area (Å²) >= 11 is 0. The van der Waals surface area contributed by atoms with Crippen molar-refractivity contribution in [2.75, 3.05) is 31.1 Å². The molecule has 4 rings (SSSR count). The average Bonchev–Trinajstić information content (AvgIpc) is 2.73. The summed E-state index contributed by atoms with van der Waals surface area (Å²) in [7, 11) is 0. The smallest absolute Gasteiger partial charge is 0.287 e. The van der Waals surface area contributed by atoms with Crippen molar-refractivity contribution in [2.24, 2.45) is 0 Å². The maximum atomic E-state index is 13.0. The van der Waals surface area contributed by atoms with Crippen LogP contribution in [0.25, 0.3) is 10.8 Å². The van der Waals surface area contributed by atoms with Gasteiger partial charge in [-0.2, -0.15) is 0 Å². The molecule has 0 bridgehead atoms. The number of nitrogens with zero attached hydrogens (tertiary/aromatic N) is 4. The lowest BCUT2D eigenvalue weighted by Gasteiger charge is -2.35. The molecule has 2 heterocycles. The van der Waals surface area contributed by atoms with Crippen LogP contribution in [0.1, 0.15) is 10.4 Å². The normalized spacial score (nSPS) is 14.4. The number of aromatic nitrogens is 1. The predicted molar refractivity (Wildman–Crippen MR) is 103 cm³/mol. The van der Waals surface area contributed by atoms with E-state index in [1.165, 1.54) is 12.3 Å². The largest absolute Gasteiger partial charge is 0.353 e. The van der Waals surface area contributed by atoms with Gasteiger partial charge in [0.15, 0.2) is 0 Å². The number of fused-ring (bicyclic) bond motifs is 1. The van der Waals surface area contributed by atoms with Crippen LogP contribution in [-0.4, -0.2) is 46.9 Å². The summed E-state index contributed by atoms with van der Waals surface area (Å²) in [6.45, 7) is 2.45. The number of nitro groups is 1. The van der Waals surface area contributed by atoms with Gasteiger partial charge in [0, 0.05) is 37.8 Å². The third-order valence-electron chi connectivity index (χ3n) is 4.85. The zero-order valence-electron chi connectivity index (χ0n) is 14.6. The second-order valence-corrected chi connectivity index (χ2v) is 6.44. The molecule has 0 N–H and O–H groups in total. The Labute approximate surface area is 156 Å². The zero-order chi connectivity index (χ0) is 18.8. The van der Waals surface area contributed by atoms with Crippen LogP contribution < -0.4 is 4.90 Å². The maximum absolute atomic E-state index is 13.0. The summed E-state index contributed by atoms with van der Waals surface area (Å²) in [4.78, 5) is 31.3. The highest BCUT2D eigenvalue weighted by Gasteiger charge is 2.24. The van der Waals surface area contributed by atoms with E-state index in [9.17, 15) is 14.9 Å². The predicted octanol–water partition coefficient (Wildman–Crippen LogP) is 3.11. The van der Waals surface area contributed by atoms with E-state index in [0.29, 0.717) is 32.0 Å². The van der Waals surface area contributed by atoms with Gasteiger partial charge in [0.1, 0.15) is 12.0 Å². The number of piperazine rings is 1. The minimum atomic E-state index is -0.461. The van der Waals surface area contributed by atoms with E-state index in [0.717, 1.165) is 16.3 Å². The first-order valence-electron chi connectivity index (χ1n) is 8.76. The SMILES string of the molecule is O=C(c1cccc2ccccc12)N1CCN(c2ccc([N+](=O)[O-])cn2)CC1. The van der Waals surface area contributed by atoms with Crippen LogP contribution in [0.4, 0.5) is 11.5 Å². The summed E-state index contributed by atoms with van der Waals surface area (Å²) in [6, 6.07) is 16.8. The molecule has 0 atom stereocenters. The van der Waals surface area contributed by atoms with Crippen LogP contribution >= 0.6 is 0 Å². The second-order valence-electron chi connectivity index (χ2n) is 6.44. The molecule has 3 aromatic rings. The highest BCUT2D eigenvalue weighted by atomic mass is 16.6. The fraction of sp³-hybridized carbons (Fsp3) is 0.200. The Balaban J connectivity index is 1.47. The number of hydrogen-bond donors (Lipinski definition) is 0. The molecule has 1 aliphatic rings. The van der Waals surface area contributed by atoms with Gasteiger partial charge in [-0.15, -0.1) is 0 Å². The Kier molecular flexibility index (Phi) is 4.42. The average molecular weight is 362 g/mol. The Bertz CT molecular complexity index is 990. The van der Waals surface area contributed by atoms with E-state index < -0.39 is 4.92 Å². The zero-order valence-corrected chi connectivity index (χ0v) is 14.6. The topological polar surface area (TPSA) is 79.6 Å². The summed E-state index contributed by atoms with van der Waals surface area (Å²) in [6.07, 6.45) is 1.27. The molecule has 1 aromatic heterocycles. The minimum absolute atomic E-state index is 0.0245. The van der Waals surface area contributed by atoms with Crippen LogP contribution in [0.15, 0.2) is 60.8 Å². The highest BCUT2D eigenvalue weighted by molar-refractivity contribution is 6.07. The fourth-order valence-electron chi connectivity index (χ4n) is 3.39. The van der Waals surface area contributed by atoms with Crippen molar-refractivity contribution in [1.82, 2.24) is 9.88 Å². The molecule has 2 aromatic carbocycles. The molecule has 1 aliphatic heterocycles. The molecule has 136 valence electrons. The lowest BCUT2D eigenvalue weighted by atomic mass is 10.0. The first-order chi connectivity index (χ1) is 13.1. The van der Waals surface area contributed by atoms with E-state index in [1.54, 1.807) is 6.07 Å². The van der Waals surface area contributed by atoms with Crippen LogP contribution in [0.3, 0.4) is 0 Å². The summed E-state index contributed by atoms with van der Waals surface area (Å²) in [5.74, 6) is 0.723. The number of benzene rings is 2. The molecular formula is C20H18N4O3. The van der Waals surface area contributed by atoms with Crippen molar-refractivity contribution in [3.05, 3.63) is 76.5 Å². The van der Waals surface area contributed by atoms with E-state index in [2.05, 4.69) is 4.98 Å². The van der Waals surface area contributed by atoms with Crippen molar-refractivity contribution in [3.8, 4) is 0 Å². The summed E-state index contributed by atoms with van der Waals surface area (Å²) in [5, 5.41) is 12.8. The fourth-order valence-corrected chi connectivity index (χ4v) is 3.39. The molecule has 1 saturated heterocycles. The van der Waals surface area contributed by atoms with Crippen LogP contribution in [0.2, 0.25) is 0 Å². The molecule has 7 nitrogen and oxygen atoms in total. The monoisotopic (exact) mass is 362 g/mol. The number of carbonyl (C=O) groups is 1. The van der Waals surface area contributed by atoms with Crippen LogP contribution in [-0.2, 0) is 0 Å². The van der Waals surface area contributed by atoms with Gasteiger partial charge in [-0.1, -0.05) is 36.4 Å². The molecule has 1 fully saturated rings. The molecule has 0 unspecified atom stereocenters. The highest BCUT2D eigenvalue weighted by Crippen LogP contribution is 2.22. The van der Waals surface area contributed by atoms with Gasteiger partial charge < -0.3 is 9.80 Å². The van der Waals surface area contributed by atoms with Crippen molar-refractivity contribution < 1.29 is 9.72 Å². The first-order valence-corrected chi connectivity index (χ1v) is 8.76. The van der Waals surface area contributed by atoms with E-state index >= 15 is 0 Å². The molecule has 1 amide bonds. The van der Waals surface area contributed by atoms with Gasteiger partial charge in [-0.3, -0.25) is 14.9 Å². The molecular weight excluding hydrogens is 344 g/mol. The lowest BCUT2D eigenvalue weighted by molar-refractivity contribution is -0.385. The van der Waals surface area contributed by atoms with Gasteiger partial charge in [0.25, 0.3) is 11.6 Å². The molecule has 7 heteroatoms. The van der Waals surface area contributed by atoms with Crippen LogP contribution in [0.5, 0.6) is 0 Å². The number of hydrogen-bond acceptors (Lipinski definition) is 5. The summed E-state index contributed by atoms with van der Waals surface area (Å²) < 4.78 is 0. The Hall–Kier alpha value is -3.48. The van der Waals surface area contributed by atoms with Gasteiger partial charge >= 0.3 is 0 Å². The third kappa shape index (κ3) is 3.31. The van der Waals surface area contributed by atoms with Gasteiger partial charge in [0.2, 0.25) is 0 Å². The Morgan fingerprint density at radius 2 is 1.70 bits per heavy atom. The van der Waals surface area contributed by atoms with Crippen molar-refractivity contribution in [1.29, 1.82) is 0 Å². The summed E-state index contributed by atoms with van der Waals surface area (Å²) in [5.41, 5.74) is 0.693. The number of carbonyl (C=O) groups excluding carboxylic acids is 1. The van der Waals surface area contributed by atoms with E-state index in [1.807, 2.05) is 52.3 Å².